The molecular weight excluding hydrogens is 256 g/mol. The van der Waals surface area contributed by atoms with Gasteiger partial charge in [-0.3, -0.25) is 4.55 Å². The second kappa shape index (κ2) is 3.53. The fraction of sp³-hybridized carbons (Fsp3) is 0. The smallest absolute Gasteiger partial charge is 0.282 e. The van der Waals surface area contributed by atoms with Crippen LogP contribution < -0.4 is 0 Å². The molecule has 0 aliphatic rings. The lowest BCUT2D eigenvalue weighted by molar-refractivity contribution is 0.483. The molecular formula is C12H8O3S2. The Labute approximate surface area is 102 Å². The second-order valence-electron chi connectivity index (χ2n) is 3.84. The van der Waals surface area contributed by atoms with Crippen LogP contribution in [0.15, 0.2) is 46.0 Å². The number of benzene rings is 2. The Bertz CT molecular complexity index is 816. The van der Waals surface area contributed by atoms with Crippen molar-refractivity contribution < 1.29 is 13.0 Å². The zero-order valence-corrected chi connectivity index (χ0v) is 10.3. The van der Waals surface area contributed by atoms with Crippen LogP contribution in [0.3, 0.4) is 0 Å². The summed E-state index contributed by atoms with van der Waals surface area (Å²) in [7, 11) is -4.13. The molecule has 0 spiro atoms. The number of rotatable bonds is 1. The number of fused-ring (bicyclic) bond motifs is 2. The first-order chi connectivity index (χ1) is 8.04. The molecule has 5 heteroatoms. The molecule has 0 atom stereocenters. The molecule has 0 saturated carbocycles. The van der Waals surface area contributed by atoms with Crippen LogP contribution in [0.2, 0.25) is 0 Å². The highest BCUT2D eigenvalue weighted by atomic mass is 32.2. The van der Waals surface area contributed by atoms with Gasteiger partial charge in [0.05, 0.1) is 4.90 Å². The quantitative estimate of drug-likeness (QED) is 0.686. The molecule has 0 aliphatic heterocycles. The van der Waals surface area contributed by atoms with E-state index < -0.39 is 10.1 Å². The summed E-state index contributed by atoms with van der Waals surface area (Å²) in [6.45, 7) is 0. The van der Waals surface area contributed by atoms with E-state index in [0.717, 1.165) is 21.5 Å². The molecule has 3 nitrogen and oxygen atoms in total. The largest absolute Gasteiger partial charge is 0.294 e. The van der Waals surface area contributed by atoms with Gasteiger partial charge in [-0.2, -0.15) is 19.8 Å². The molecule has 17 heavy (non-hydrogen) atoms. The van der Waals surface area contributed by atoms with Crippen LogP contribution in [0.5, 0.6) is 0 Å². The molecule has 0 radical (unpaired) electrons. The third-order valence-corrected chi connectivity index (χ3v) is 4.33. The number of thiophene rings is 1. The first kappa shape index (κ1) is 10.7. The molecule has 86 valence electrons. The van der Waals surface area contributed by atoms with E-state index in [-0.39, 0.29) is 4.90 Å². The zero-order chi connectivity index (χ0) is 12.0. The highest BCUT2D eigenvalue weighted by molar-refractivity contribution is 7.85. The topological polar surface area (TPSA) is 54.4 Å². The van der Waals surface area contributed by atoms with E-state index in [2.05, 4.69) is 0 Å². The predicted octanol–water partition coefficient (Wildman–Crippen LogP) is 3.30. The molecule has 0 fully saturated rings. The highest BCUT2D eigenvalue weighted by Gasteiger charge is 2.10. The summed E-state index contributed by atoms with van der Waals surface area (Å²) in [6.07, 6.45) is 0. The van der Waals surface area contributed by atoms with Crippen LogP contribution in [-0.4, -0.2) is 13.0 Å². The Morgan fingerprint density at radius 3 is 2.18 bits per heavy atom. The van der Waals surface area contributed by atoms with Gasteiger partial charge in [-0.15, -0.1) is 0 Å². The summed E-state index contributed by atoms with van der Waals surface area (Å²) >= 11 is 1.61. The first-order valence-electron chi connectivity index (χ1n) is 4.91. The van der Waals surface area contributed by atoms with Gasteiger partial charge in [0.15, 0.2) is 0 Å². The van der Waals surface area contributed by atoms with Crippen molar-refractivity contribution >= 4 is 43.0 Å². The van der Waals surface area contributed by atoms with E-state index in [1.165, 1.54) is 12.1 Å². The summed E-state index contributed by atoms with van der Waals surface area (Å²) < 4.78 is 31.1. The second-order valence-corrected chi connectivity index (χ2v) is 6.00. The molecule has 0 amide bonds. The molecule has 3 rings (SSSR count). The summed E-state index contributed by atoms with van der Waals surface area (Å²) in [5, 5.41) is 8.05. The van der Waals surface area contributed by atoms with Gasteiger partial charge >= 0.3 is 0 Å². The van der Waals surface area contributed by atoms with Crippen molar-refractivity contribution in [3.05, 3.63) is 41.1 Å². The van der Waals surface area contributed by atoms with Crippen molar-refractivity contribution in [3.63, 3.8) is 0 Å². The lowest BCUT2D eigenvalue weighted by Crippen LogP contribution is -1.97. The molecule has 1 aromatic heterocycles. The summed E-state index contributed by atoms with van der Waals surface area (Å²) in [5.41, 5.74) is 0. The van der Waals surface area contributed by atoms with Gasteiger partial charge in [-0.25, -0.2) is 0 Å². The van der Waals surface area contributed by atoms with Crippen LogP contribution in [-0.2, 0) is 10.1 Å². The molecule has 0 saturated heterocycles. The molecule has 1 N–H and O–H groups in total. The highest BCUT2D eigenvalue weighted by Crippen LogP contribution is 2.27. The van der Waals surface area contributed by atoms with E-state index in [1.807, 2.05) is 22.9 Å². The lowest BCUT2D eigenvalue weighted by atomic mass is 10.1. The Morgan fingerprint density at radius 2 is 1.53 bits per heavy atom. The Morgan fingerprint density at radius 1 is 0.882 bits per heavy atom. The van der Waals surface area contributed by atoms with Gasteiger partial charge in [0.2, 0.25) is 0 Å². The van der Waals surface area contributed by atoms with Gasteiger partial charge in [-0.05, 0) is 56.6 Å². The van der Waals surface area contributed by atoms with E-state index >= 15 is 0 Å². The summed E-state index contributed by atoms with van der Waals surface area (Å²) in [6, 6.07) is 8.54. The SMILES string of the molecule is O=S(=O)(O)c1ccc2cc3cscc3cc2c1. The lowest BCUT2D eigenvalue weighted by Gasteiger charge is -2.01. The van der Waals surface area contributed by atoms with Crippen molar-refractivity contribution in [1.29, 1.82) is 0 Å². The minimum Gasteiger partial charge on any atom is -0.282 e. The number of hydrogen-bond acceptors (Lipinski definition) is 3. The maximum absolute atomic E-state index is 11.0. The van der Waals surface area contributed by atoms with Crippen molar-refractivity contribution in [2.75, 3.05) is 0 Å². The van der Waals surface area contributed by atoms with Gasteiger partial charge in [0, 0.05) is 0 Å². The molecule has 1 heterocycles. The van der Waals surface area contributed by atoms with Crippen LogP contribution in [0.4, 0.5) is 0 Å². The maximum atomic E-state index is 11.0. The first-order valence-corrected chi connectivity index (χ1v) is 7.29. The average molecular weight is 264 g/mol. The van der Waals surface area contributed by atoms with Crippen molar-refractivity contribution in [2.24, 2.45) is 0 Å². The molecule has 2 aromatic carbocycles. The Hall–Kier alpha value is -1.43. The normalized spacial score (nSPS) is 12.3. The third-order valence-electron chi connectivity index (χ3n) is 2.70. The van der Waals surface area contributed by atoms with Gasteiger partial charge in [0.25, 0.3) is 10.1 Å². The van der Waals surface area contributed by atoms with Crippen molar-refractivity contribution in [1.82, 2.24) is 0 Å². The van der Waals surface area contributed by atoms with Crippen LogP contribution in [0.25, 0.3) is 21.5 Å². The summed E-state index contributed by atoms with van der Waals surface area (Å²) in [4.78, 5) is -0.0698. The van der Waals surface area contributed by atoms with Crippen LogP contribution in [0.1, 0.15) is 0 Å². The molecule has 0 unspecified atom stereocenters. The van der Waals surface area contributed by atoms with E-state index in [9.17, 15) is 8.42 Å². The summed E-state index contributed by atoms with van der Waals surface area (Å²) in [5.74, 6) is 0. The standard InChI is InChI=1S/C12H8O3S2/c13-17(14,15)12-2-1-8-3-10-6-16-7-11(10)4-9(8)5-12/h1-7H,(H,13,14,15). The third kappa shape index (κ3) is 1.82. The molecule has 3 aromatic rings. The van der Waals surface area contributed by atoms with Gasteiger partial charge < -0.3 is 0 Å². The fourth-order valence-electron chi connectivity index (χ4n) is 1.86. The fourth-order valence-corrected chi connectivity index (χ4v) is 3.14. The molecule has 0 bridgehead atoms. The number of hydrogen-bond donors (Lipinski definition) is 1. The average Bonchev–Trinajstić information content (AvgIpc) is 2.70. The minimum absolute atomic E-state index is 0.0698. The molecule has 0 aliphatic carbocycles. The van der Waals surface area contributed by atoms with Gasteiger partial charge in [-0.1, -0.05) is 6.07 Å². The van der Waals surface area contributed by atoms with Crippen LogP contribution >= 0.6 is 11.3 Å². The van der Waals surface area contributed by atoms with E-state index in [0.29, 0.717) is 0 Å². The Kier molecular flexibility index (Phi) is 2.22. The predicted molar refractivity (Wildman–Crippen MR) is 69.1 cm³/mol. The Balaban J connectivity index is 2.38. The zero-order valence-electron chi connectivity index (χ0n) is 8.62. The van der Waals surface area contributed by atoms with Crippen molar-refractivity contribution in [3.8, 4) is 0 Å². The van der Waals surface area contributed by atoms with Crippen molar-refractivity contribution in [2.45, 2.75) is 4.90 Å². The van der Waals surface area contributed by atoms with E-state index in [1.54, 1.807) is 17.4 Å². The monoisotopic (exact) mass is 264 g/mol. The maximum Gasteiger partial charge on any atom is 0.294 e. The minimum atomic E-state index is -4.13. The van der Waals surface area contributed by atoms with Crippen LogP contribution in [0, 0.1) is 0 Å². The van der Waals surface area contributed by atoms with Gasteiger partial charge in [0.1, 0.15) is 0 Å². The van der Waals surface area contributed by atoms with E-state index in [4.69, 9.17) is 4.55 Å².